The number of hydrogen-bond donors (Lipinski definition) is 1. The molecule has 41 heavy (non-hydrogen) atoms. The first-order valence-electron chi connectivity index (χ1n) is 14.9. The molecule has 3 saturated heterocycles. The molecule has 6 rings (SSSR count). The Morgan fingerprint density at radius 1 is 0.854 bits per heavy atom. The molecule has 3 aliphatic rings. The fraction of sp³-hybridized carbons (Fsp3) is 0.424. The van der Waals surface area contributed by atoms with E-state index in [1.165, 1.54) is 16.3 Å². The maximum atomic E-state index is 14.0. The minimum atomic E-state index is -0.646. The Morgan fingerprint density at radius 3 is 2.39 bits per heavy atom. The van der Waals surface area contributed by atoms with E-state index in [0.29, 0.717) is 39.0 Å². The lowest BCUT2D eigenvalue weighted by molar-refractivity contribution is -0.137. The molecule has 3 fully saturated rings. The van der Waals surface area contributed by atoms with Gasteiger partial charge in [-0.3, -0.25) is 19.3 Å². The molecule has 3 aliphatic heterocycles. The Labute approximate surface area is 241 Å². The lowest BCUT2D eigenvalue weighted by Crippen LogP contribution is -2.56. The van der Waals surface area contributed by atoms with Gasteiger partial charge in [0.05, 0.1) is 6.67 Å². The number of rotatable bonds is 9. The highest BCUT2D eigenvalue weighted by Gasteiger charge is 2.53. The molecule has 0 bridgehead atoms. The summed E-state index contributed by atoms with van der Waals surface area (Å²) in [6.45, 7) is 4.91. The lowest BCUT2D eigenvalue weighted by Gasteiger charge is -2.43. The van der Waals surface area contributed by atoms with Crippen LogP contribution in [0.3, 0.4) is 0 Å². The SMILES string of the molecule is O=C(CN1CN(c2ccccc2)C2(CCN(Cc3cccc4ccccc34)CC2)C1=O)NCCCN1CCCC1=O. The number of benzene rings is 3. The van der Waals surface area contributed by atoms with E-state index in [4.69, 9.17) is 0 Å². The van der Waals surface area contributed by atoms with Crippen molar-refractivity contribution in [1.82, 2.24) is 20.0 Å². The highest BCUT2D eigenvalue weighted by atomic mass is 16.2. The van der Waals surface area contributed by atoms with E-state index in [2.05, 4.69) is 69.7 Å². The maximum absolute atomic E-state index is 14.0. The van der Waals surface area contributed by atoms with Crippen LogP contribution in [-0.2, 0) is 20.9 Å². The van der Waals surface area contributed by atoms with Crippen LogP contribution in [0, 0.1) is 0 Å². The molecule has 0 atom stereocenters. The number of nitrogens with zero attached hydrogens (tertiary/aromatic N) is 4. The maximum Gasteiger partial charge on any atom is 0.250 e. The van der Waals surface area contributed by atoms with Crippen molar-refractivity contribution < 1.29 is 14.4 Å². The van der Waals surface area contributed by atoms with Gasteiger partial charge in [0, 0.05) is 51.4 Å². The topological polar surface area (TPSA) is 76.2 Å². The van der Waals surface area contributed by atoms with Gasteiger partial charge in [0.15, 0.2) is 0 Å². The summed E-state index contributed by atoms with van der Waals surface area (Å²) in [5, 5.41) is 5.49. The number of anilines is 1. The number of carbonyl (C=O) groups excluding carboxylic acids is 3. The summed E-state index contributed by atoms with van der Waals surface area (Å²) < 4.78 is 0. The molecule has 0 radical (unpaired) electrons. The molecule has 3 aromatic carbocycles. The monoisotopic (exact) mass is 553 g/mol. The first-order valence-corrected chi connectivity index (χ1v) is 14.9. The molecular weight excluding hydrogens is 514 g/mol. The van der Waals surface area contributed by atoms with Gasteiger partial charge in [0.1, 0.15) is 12.1 Å². The quantitative estimate of drug-likeness (QED) is 0.410. The van der Waals surface area contributed by atoms with Crippen molar-refractivity contribution in [2.24, 2.45) is 0 Å². The van der Waals surface area contributed by atoms with Gasteiger partial charge in [0.25, 0.3) is 0 Å². The van der Waals surface area contributed by atoms with Crippen molar-refractivity contribution in [2.45, 2.75) is 44.2 Å². The number of piperidine rings is 1. The first-order chi connectivity index (χ1) is 20.0. The minimum Gasteiger partial charge on any atom is -0.354 e. The molecule has 214 valence electrons. The summed E-state index contributed by atoms with van der Waals surface area (Å²) in [7, 11) is 0. The lowest BCUT2D eigenvalue weighted by atomic mass is 9.85. The second kappa shape index (κ2) is 11.9. The Kier molecular flexibility index (Phi) is 7.92. The molecule has 3 aromatic rings. The Balaban J connectivity index is 1.10. The second-order valence-electron chi connectivity index (χ2n) is 11.5. The largest absolute Gasteiger partial charge is 0.354 e. The summed E-state index contributed by atoms with van der Waals surface area (Å²) in [5.41, 5.74) is 1.68. The molecule has 3 amide bonds. The van der Waals surface area contributed by atoms with Crippen LogP contribution in [0.25, 0.3) is 10.8 Å². The predicted octanol–water partition coefficient (Wildman–Crippen LogP) is 3.61. The molecule has 8 nitrogen and oxygen atoms in total. The smallest absolute Gasteiger partial charge is 0.250 e. The summed E-state index contributed by atoms with van der Waals surface area (Å²) in [6.07, 6.45) is 3.70. The highest BCUT2D eigenvalue weighted by molar-refractivity contribution is 5.96. The van der Waals surface area contributed by atoms with E-state index in [-0.39, 0.29) is 24.3 Å². The van der Waals surface area contributed by atoms with Gasteiger partial charge < -0.3 is 20.0 Å². The number of amides is 3. The molecule has 3 heterocycles. The highest BCUT2D eigenvalue weighted by Crippen LogP contribution is 2.39. The van der Waals surface area contributed by atoms with Crippen molar-refractivity contribution in [1.29, 1.82) is 0 Å². The van der Waals surface area contributed by atoms with Gasteiger partial charge in [-0.15, -0.1) is 0 Å². The number of carbonyl (C=O) groups is 3. The Hall–Kier alpha value is -3.91. The summed E-state index contributed by atoms with van der Waals surface area (Å²) in [6, 6.07) is 25.1. The summed E-state index contributed by atoms with van der Waals surface area (Å²) >= 11 is 0. The van der Waals surface area contributed by atoms with Crippen molar-refractivity contribution in [2.75, 3.05) is 50.8 Å². The average Bonchev–Trinajstić information content (AvgIpc) is 3.53. The van der Waals surface area contributed by atoms with Crippen molar-refractivity contribution in [3.8, 4) is 0 Å². The second-order valence-corrected chi connectivity index (χ2v) is 11.5. The Morgan fingerprint density at radius 2 is 1.61 bits per heavy atom. The fourth-order valence-electron chi connectivity index (χ4n) is 6.74. The van der Waals surface area contributed by atoms with Crippen LogP contribution >= 0.6 is 0 Å². The van der Waals surface area contributed by atoms with Gasteiger partial charge in [-0.1, -0.05) is 60.7 Å². The summed E-state index contributed by atoms with van der Waals surface area (Å²) in [4.78, 5) is 47.0. The van der Waals surface area contributed by atoms with Crippen molar-refractivity contribution in [3.63, 3.8) is 0 Å². The summed E-state index contributed by atoms with van der Waals surface area (Å²) in [5.74, 6) is 0.0991. The van der Waals surface area contributed by atoms with Crippen molar-refractivity contribution >= 4 is 34.2 Å². The van der Waals surface area contributed by atoms with Crippen LogP contribution in [-0.4, -0.2) is 83.9 Å². The van der Waals surface area contributed by atoms with E-state index >= 15 is 0 Å². The molecule has 0 aliphatic carbocycles. The zero-order valence-corrected chi connectivity index (χ0v) is 23.6. The van der Waals surface area contributed by atoms with E-state index in [0.717, 1.165) is 44.7 Å². The van der Waals surface area contributed by atoms with Gasteiger partial charge >= 0.3 is 0 Å². The molecule has 0 unspecified atom stereocenters. The van der Waals surface area contributed by atoms with Gasteiger partial charge in [0.2, 0.25) is 17.7 Å². The number of likely N-dealkylation sites (tertiary alicyclic amines) is 2. The normalized spacial score (nSPS) is 19.1. The van der Waals surface area contributed by atoms with Crippen LogP contribution in [0.1, 0.15) is 37.7 Å². The third kappa shape index (κ3) is 5.66. The van der Waals surface area contributed by atoms with Gasteiger partial charge in [-0.05, 0) is 54.2 Å². The van der Waals surface area contributed by atoms with Crippen LogP contribution < -0.4 is 10.2 Å². The van der Waals surface area contributed by atoms with Crippen LogP contribution in [0.5, 0.6) is 0 Å². The molecule has 0 aromatic heterocycles. The standard InChI is InChI=1S/C33H39N5O3/c39-30(34-18-8-20-36-19-7-15-31(36)40)24-37-25-38(28-12-2-1-3-13-28)33(32(37)41)16-21-35(22-17-33)23-27-11-6-10-26-9-4-5-14-29(26)27/h1-6,9-14H,7-8,15-25H2,(H,34,39). The predicted molar refractivity (Wildman–Crippen MR) is 160 cm³/mol. The molecular formula is C33H39N5O3. The van der Waals surface area contributed by atoms with E-state index < -0.39 is 5.54 Å². The average molecular weight is 554 g/mol. The first kappa shape index (κ1) is 27.3. The van der Waals surface area contributed by atoms with Gasteiger partial charge in [-0.25, -0.2) is 0 Å². The fourth-order valence-corrected chi connectivity index (χ4v) is 6.74. The van der Waals surface area contributed by atoms with E-state index in [9.17, 15) is 14.4 Å². The number of fused-ring (bicyclic) bond motifs is 1. The van der Waals surface area contributed by atoms with Crippen LogP contribution in [0.15, 0.2) is 72.8 Å². The van der Waals surface area contributed by atoms with E-state index in [1.807, 2.05) is 23.1 Å². The zero-order chi connectivity index (χ0) is 28.2. The molecule has 1 N–H and O–H groups in total. The molecule has 8 heteroatoms. The third-order valence-corrected chi connectivity index (χ3v) is 8.97. The number of hydrogen-bond acceptors (Lipinski definition) is 5. The van der Waals surface area contributed by atoms with Gasteiger partial charge in [-0.2, -0.15) is 0 Å². The Bertz CT molecular complexity index is 1400. The van der Waals surface area contributed by atoms with E-state index in [1.54, 1.807) is 4.90 Å². The number of nitrogens with one attached hydrogen (secondary N) is 1. The van der Waals surface area contributed by atoms with Crippen LogP contribution in [0.4, 0.5) is 5.69 Å². The minimum absolute atomic E-state index is 0.0453. The number of para-hydroxylation sites is 1. The third-order valence-electron chi connectivity index (χ3n) is 8.97. The van der Waals surface area contributed by atoms with Crippen LogP contribution in [0.2, 0.25) is 0 Å². The van der Waals surface area contributed by atoms with Crippen molar-refractivity contribution in [3.05, 3.63) is 78.4 Å². The molecule has 0 saturated carbocycles. The molecule has 1 spiro atoms. The zero-order valence-electron chi connectivity index (χ0n) is 23.6.